The van der Waals surface area contributed by atoms with Crippen molar-refractivity contribution in [1.82, 2.24) is 5.32 Å². The van der Waals surface area contributed by atoms with Crippen molar-refractivity contribution in [2.45, 2.75) is 19.8 Å². The highest BCUT2D eigenvalue weighted by Crippen LogP contribution is 2.22. The van der Waals surface area contributed by atoms with E-state index in [0.717, 1.165) is 24.2 Å². The van der Waals surface area contributed by atoms with Crippen molar-refractivity contribution < 1.29 is 14.6 Å². The minimum Gasteiger partial charge on any atom is -0.508 e. The van der Waals surface area contributed by atoms with Crippen LogP contribution in [-0.2, 0) is 4.79 Å². The largest absolute Gasteiger partial charge is 0.508 e. The number of carbonyl (C=O) groups is 1. The van der Waals surface area contributed by atoms with E-state index in [1.54, 1.807) is 18.2 Å². The summed E-state index contributed by atoms with van der Waals surface area (Å²) in [5, 5.41) is 12.0. The first-order valence-electron chi connectivity index (χ1n) is 5.96. The Bertz CT molecular complexity index is 416. The molecule has 4 heteroatoms. The lowest BCUT2D eigenvalue weighted by molar-refractivity contribution is -0.116. The molecular weight excluding hydrogens is 230 g/mol. The lowest BCUT2D eigenvalue weighted by Crippen LogP contribution is -2.22. The number of amides is 1. The van der Waals surface area contributed by atoms with Gasteiger partial charge in [0, 0.05) is 6.54 Å². The minimum absolute atomic E-state index is 0.148. The van der Waals surface area contributed by atoms with E-state index in [4.69, 9.17) is 4.74 Å². The summed E-state index contributed by atoms with van der Waals surface area (Å²) < 4.78 is 5.58. The Balaban J connectivity index is 2.18. The molecule has 0 aliphatic heterocycles. The van der Waals surface area contributed by atoms with E-state index in [-0.39, 0.29) is 11.7 Å². The number of hydrogen-bond acceptors (Lipinski definition) is 3. The first-order chi connectivity index (χ1) is 8.63. The maximum atomic E-state index is 10.9. The second-order valence-electron chi connectivity index (χ2n) is 4.00. The molecule has 2 N–H and O–H groups in total. The quantitative estimate of drug-likeness (QED) is 0.575. The van der Waals surface area contributed by atoms with E-state index in [1.807, 2.05) is 6.92 Å². The molecule has 0 aliphatic carbocycles. The summed E-state index contributed by atoms with van der Waals surface area (Å²) in [6.45, 7) is 6.48. The van der Waals surface area contributed by atoms with Gasteiger partial charge in [0.2, 0.25) is 5.91 Å². The van der Waals surface area contributed by atoms with Crippen LogP contribution in [0.5, 0.6) is 11.5 Å². The summed E-state index contributed by atoms with van der Waals surface area (Å²) in [5.74, 6) is 0.875. The number of nitrogens with one attached hydrogen (secondary N) is 1. The number of unbranched alkanes of at least 4 members (excludes halogenated alkanes) is 1. The summed E-state index contributed by atoms with van der Waals surface area (Å²) in [5.41, 5.74) is 0.912. The number of aryl methyl sites for hydroxylation is 1. The van der Waals surface area contributed by atoms with Gasteiger partial charge in [0.05, 0.1) is 6.61 Å². The molecule has 0 saturated heterocycles. The summed E-state index contributed by atoms with van der Waals surface area (Å²) in [6.07, 6.45) is 2.98. The molecule has 0 aliphatic rings. The molecule has 0 saturated carbocycles. The third kappa shape index (κ3) is 4.91. The predicted octanol–water partition coefficient (Wildman–Crippen LogP) is 2.16. The number of benzene rings is 1. The predicted molar refractivity (Wildman–Crippen MR) is 70.8 cm³/mol. The number of aromatic hydroxyl groups is 1. The zero-order valence-corrected chi connectivity index (χ0v) is 10.6. The average Bonchev–Trinajstić information content (AvgIpc) is 2.35. The lowest BCUT2D eigenvalue weighted by atomic mass is 10.2. The van der Waals surface area contributed by atoms with Crippen LogP contribution in [-0.4, -0.2) is 24.2 Å². The molecule has 0 atom stereocenters. The van der Waals surface area contributed by atoms with Crippen LogP contribution in [0.4, 0.5) is 0 Å². The second kappa shape index (κ2) is 7.37. The highest BCUT2D eigenvalue weighted by Gasteiger charge is 2.00. The van der Waals surface area contributed by atoms with Crippen molar-refractivity contribution >= 4 is 5.91 Å². The summed E-state index contributed by atoms with van der Waals surface area (Å²) in [6, 6.07) is 5.02. The van der Waals surface area contributed by atoms with E-state index >= 15 is 0 Å². The Kier molecular flexibility index (Phi) is 5.77. The van der Waals surface area contributed by atoms with Crippen LogP contribution < -0.4 is 10.1 Å². The van der Waals surface area contributed by atoms with E-state index in [9.17, 15) is 9.90 Å². The molecule has 0 unspecified atom stereocenters. The van der Waals surface area contributed by atoms with Gasteiger partial charge in [0.1, 0.15) is 11.5 Å². The van der Waals surface area contributed by atoms with Crippen molar-refractivity contribution in [2.24, 2.45) is 0 Å². The molecule has 0 spiro atoms. The SMILES string of the molecule is C=CC(=O)NCCCCOc1ccc(O)cc1C. The number of phenolic OH excluding ortho intramolecular Hbond substituents is 1. The van der Waals surface area contributed by atoms with Gasteiger partial charge in [0.15, 0.2) is 0 Å². The van der Waals surface area contributed by atoms with Gasteiger partial charge in [-0.15, -0.1) is 0 Å². The van der Waals surface area contributed by atoms with Crippen molar-refractivity contribution in [2.75, 3.05) is 13.2 Å². The molecule has 18 heavy (non-hydrogen) atoms. The molecule has 0 bridgehead atoms. The molecule has 0 radical (unpaired) electrons. The third-order valence-corrected chi connectivity index (χ3v) is 2.47. The van der Waals surface area contributed by atoms with Gasteiger partial charge in [-0.1, -0.05) is 6.58 Å². The third-order valence-electron chi connectivity index (χ3n) is 2.47. The van der Waals surface area contributed by atoms with Gasteiger partial charge in [-0.05, 0) is 49.6 Å². The minimum atomic E-state index is -0.148. The van der Waals surface area contributed by atoms with Crippen LogP contribution in [0.25, 0.3) is 0 Å². The Hall–Kier alpha value is -1.97. The van der Waals surface area contributed by atoms with Crippen LogP contribution in [0.3, 0.4) is 0 Å². The average molecular weight is 249 g/mol. The zero-order chi connectivity index (χ0) is 13.4. The molecule has 0 aromatic heterocycles. The molecule has 0 heterocycles. The summed E-state index contributed by atoms with van der Waals surface area (Å²) in [7, 11) is 0. The maximum absolute atomic E-state index is 10.9. The Morgan fingerprint density at radius 1 is 1.50 bits per heavy atom. The molecule has 1 aromatic rings. The van der Waals surface area contributed by atoms with Gasteiger partial charge in [-0.25, -0.2) is 0 Å². The van der Waals surface area contributed by atoms with Gasteiger partial charge >= 0.3 is 0 Å². The van der Waals surface area contributed by atoms with E-state index in [0.29, 0.717) is 13.2 Å². The van der Waals surface area contributed by atoms with E-state index in [2.05, 4.69) is 11.9 Å². The number of rotatable bonds is 7. The first kappa shape index (κ1) is 14.1. The zero-order valence-electron chi connectivity index (χ0n) is 10.6. The molecule has 1 rings (SSSR count). The van der Waals surface area contributed by atoms with Crippen LogP contribution in [0.1, 0.15) is 18.4 Å². The smallest absolute Gasteiger partial charge is 0.243 e. The Labute approximate surface area is 107 Å². The first-order valence-corrected chi connectivity index (χ1v) is 5.96. The van der Waals surface area contributed by atoms with Gasteiger partial charge in [-0.2, -0.15) is 0 Å². The molecule has 98 valence electrons. The molecule has 1 amide bonds. The normalized spacial score (nSPS) is 9.83. The standard InChI is InChI=1S/C14H19NO3/c1-3-14(17)15-8-4-5-9-18-13-7-6-12(16)10-11(13)2/h3,6-7,10,16H,1,4-5,8-9H2,2H3,(H,15,17). The highest BCUT2D eigenvalue weighted by atomic mass is 16.5. The second-order valence-corrected chi connectivity index (χ2v) is 4.00. The number of hydrogen-bond donors (Lipinski definition) is 2. The Morgan fingerprint density at radius 3 is 2.94 bits per heavy atom. The lowest BCUT2D eigenvalue weighted by Gasteiger charge is -2.09. The van der Waals surface area contributed by atoms with Crippen LogP contribution in [0.2, 0.25) is 0 Å². The van der Waals surface area contributed by atoms with Crippen LogP contribution in [0.15, 0.2) is 30.9 Å². The number of phenols is 1. The fourth-order valence-electron chi connectivity index (χ4n) is 1.49. The van der Waals surface area contributed by atoms with Gasteiger partial charge in [-0.3, -0.25) is 4.79 Å². The Morgan fingerprint density at radius 2 is 2.28 bits per heavy atom. The molecule has 0 fully saturated rings. The topological polar surface area (TPSA) is 58.6 Å². The number of ether oxygens (including phenoxy) is 1. The fourth-order valence-corrected chi connectivity index (χ4v) is 1.49. The molecule has 4 nitrogen and oxygen atoms in total. The van der Waals surface area contributed by atoms with Gasteiger partial charge in [0.25, 0.3) is 0 Å². The monoisotopic (exact) mass is 249 g/mol. The summed E-state index contributed by atoms with van der Waals surface area (Å²) >= 11 is 0. The molecule has 1 aromatic carbocycles. The highest BCUT2D eigenvalue weighted by molar-refractivity contribution is 5.86. The summed E-state index contributed by atoms with van der Waals surface area (Å²) in [4.78, 5) is 10.9. The van der Waals surface area contributed by atoms with Crippen molar-refractivity contribution in [3.05, 3.63) is 36.4 Å². The van der Waals surface area contributed by atoms with Crippen molar-refractivity contribution in [3.8, 4) is 11.5 Å². The van der Waals surface area contributed by atoms with Crippen molar-refractivity contribution in [3.63, 3.8) is 0 Å². The molecular formula is C14H19NO3. The maximum Gasteiger partial charge on any atom is 0.243 e. The fraction of sp³-hybridized carbons (Fsp3) is 0.357. The van der Waals surface area contributed by atoms with Gasteiger partial charge < -0.3 is 15.2 Å². The number of carbonyl (C=O) groups excluding carboxylic acids is 1. The van der Waals surface area contributed by atoms with E-state index in [1.165, 1.54) is 6.08 Å². The van der Waals surface area contributed by atoms with Crippen LogP contribution >= 0.6 is 0 Å². The van der Waals surface area contributed by atoms with Crippen LogP contribution in [0, 0.1) is 6.92 Å². The van der Waals surface area contributed by atoms with E-state index < -0.39 is 0 Å². The van der Waals surface area contributed by atoms with Crippen molar-refractivity contribution in [1.29, 1.82) is 0 Å².